The Morgan fingerprint density at radius 2 is 1.82 bits per heavy atom. The molecule has 0 aliphatic heterocycles. The molecule has 0 bridgehead atoms. The van der Waals surface area contributed by atoms with Crippen molar-refractivity contribution in [2.45, 2.75) is 37.4 Å². The Hall–Kier alpha value is -3.09. The summed E-state index contributed by atoms with van der Waals surface area (Å²) in [6.07, 6.45) is -2.03. The second-order valence-corrected chi connectivity index (χ2v) is 9.51. The van der Waals surface area contributed by atoms with E-state index in [1.807, 2.05) is 4.72 Å². The van der Waals surface area contributed by atoms with Gasteiger partial charge in [0.2, 0.25) is 10.0 Å². The lowest BCUT2D eigenvalue weighted by molar-refractivity contribution is -0.249. The summed E-state index contributed by atoms with van der Waals surface area (Å²) >= 11 is 0. The number of rotatable bonds is 6. The summed E-state index contributed by atoms with van der Waals surface area (Å²) < 4.78 is 65.7. The number of alkyl halides is 3. The lowest BCUT2D eigenvalue weighted by Crippen LogP contribution is -2.51. The quantitative estimate of drug-likeness (QED) is 0.493. The van der Waals surface area contributed by atoms with Gasteiger partial charge in [0, 0.05) is 29.6 Å². The SMILES string of the molecule is Cc1cc(-c2nc(-c3cc(S(=O)(=O)NCC(C)(O)C(F)(F)F)ccc3C)cnc2N)ccn1. The molecule has 0 radical (unpaired) electrons. The fourth-order valence-corrected chi connectivity index (χ4v) is 4.05. The van der Waals surface area contributed by atoms with Crippen LogP contribution >= 0.6 is 0 Å². The molecule has 0 saturated carbocycles. The van der Waals surface area contributed by atoms with Gasteiger partial charge in [0.15, 0.2) is 5.60 Å². The van der Waals surface area contributed by atoms with Crippen LogP contribution in [0.15, 0.2) is 47.6 Å². The number of anilines is 1. The Balaban J connectivity index is 1.99. The van der Waals surface area contributed by atoms with Crippen molar-refractivity contribution in [2.24, 2.45) is 0 Å². The molecule has 1 unspecified atom stereocenters. The largest absolute Gasteiger partial charge is 0.418 e. The van der Waals surface area contributed by atoms with Crippen LogP contribution in [0.25, 0.3) is 22.5 Å². The zero-order valence-electron chi connectivity index (χ0n) is 18.0. The van der Waals surface area contributed by atoms with Crippen LogP contribution in [0.2, 0.25) is 0 Å². The van der Waals surface area contributed by atoms with Gasteiger partial charge in [-0.2, -0.15) is 13.2 Å². The first-order valence-corrected chi connectivity index (χ1v) is 11.1. The van der Waals surface area contributed by atoms with E-state index in [4.69, 9.17) is 5.73 Å². The van der Waals surface area contributed by atoms with Gasteiger partial charge >= 0.3 is 6.18 Å². The minimum atomic E-state index is -5.00. The van der Waals surface area contributed by atoms with Crippen LogP contribution in [-0.4, -0.2) is 46.8 Å². The number of halogens is 3. The van der Waals surface area contributed by atoms with Crippen molar-refractivity contribution in [2.75, 3.05) is 12.3 Å². The van der Waals surface area contributed by atoms with E-state index in [1.54, 1.807) is 32.2 Å². The predicted molar refractivity (Wildman–Crippen MR) is 116 cm³/mol. The molecule has 1 aromatic carbocycles. The molecule has 0 saturated heterocycles. The topological polar surface area (TPSA) is 131 Å². The summed E-state index contributed by atoms with van der Waals surface area (Å²) in [4.78, 5) is 12.5. The number of hydrogen-bond donors (Lipinski definition) is 3. The molecule has 0 amide bonds. The number of pyridine rings is 1. The Bertz CT molecular complexity index is 1290. The highest BCUT2D eigenvalue weighted by Gasteiger charge is 2.50. The Kier molecular flexibility index (Phi) is 6.46. The maximum atomic E-state index is 12.9. The fourth-order valence-electron chi connectivity index (χ4n) is 2.90. The van der Waals surface area contributed by atoms with E-state index in [1.165, 1.54) is 24.4 Å². The molecule has 2 heterocycles. The van der Waals surface area contributed by atoms with E-state index < -0.39 is 28.3 Å². The molecule has 0 spiro atoms. The van der Waals surface area contributed by atoms with Gasteiger partial charge in [-0.3, -0.25) is 4.98 Å². The summed E-state index contributed by atoms with van der Waals surface area (Å²) in [5.74, 6) is 0.168. The second kappa shape index (κ2) is 8.69. The number of hydrogen-bond acceptors (Lipinski definition) is 7. The number of benzene rings is 1. The number of aliphatic hydroxyl groups is 1. The third kappa shape index (κ3) is 5.29. The molecule has 3 rings (SSSR count). The second-order valence-electron chi connectivity index (χ2n) is 7.75. The van der Waals surface area contributed by atoms with E-state index >= 15 is 0 Å². The number of nitrogen functional groups attached to an aromatic ring is 1. The van der Waals surface area contributed by atoms with Gasteiger partial charge in [-0.25, -0.2) is 23.1 Å². The Labute approximate surface area is 188 Å². The van der Waals surface area contributed by atoms with Gasteiger partial charge in [0.1, 0.15) is 11.5 Å². The summed E-state index contributed by atoms with van der Waals surface area (Å²) in [5.41, 5.74) is 5.94. The van der Waals surface area contributed by atoms with Crippen molar-refractivity contribution >= 4 is 15.8 Å². The van der Waals surface area contributed by atoms with Crippen LogP contribution in [0.5, 0.6) is 0 Å². The van der Waals surface area contributed by atoms with Crippen molar-refractivity contribution in [3.8, 4) is 22.5 Å². The zero-order valence-corrected chi connectivity index (χ0v) is 18.8. The lowest BCUT2D eigenvalue weighted by atomic mass is 10.1. The van der Waals surface area contributed by atoms with Gasteiger partial charge in [-0.05, 0) is 50.6 Å². The average Bonchev–Trinajstić information content (AvgIpc) is 2.72. The van der Waals surface area contributed by atoms with Gasteiger partial charge in [0.25, 0.3) is 0 Å². The molecule has 3 aromatic rings. The molecule has 0 aliphatic rings. The maximum Gasteiger partial charge on any atom is 0.418 e. The van der Waals surface area contributed by atoms with Crippen LogP contribution in [0, 0.1) is 13.8 Å². The first-order chi connectivity index (χ1) is 15.2. The van der Waals surface area contributed by atoms with Gasteiger partial charge < -0.3 is 10.8 Å². The molecule has 176 valence electrons. The normalized spacial score (nSPS) is 14.2. The van der Waals surface area contributed by atoms with Crippen LogP contribution < -0.4 is 10.5 Å². The number of nitrogens with two attached hydrogens (primary N) is 1. The number of aromatic nitrogens is 3. The third-order valence-electron chi connectivity index (χ3n) is 4.98. The lowest BCUT2D eigenvalue weighted by Gasteiger charge is -2.26. The molecule has 33 heavy (non-hydrogen) atoms. The summed E-state index contributed by atoms with van der Waals surface area (Å²) in [7, 11) is -4.37. The van der Waals surface area contributed by atoms with Gasteiger partial charge in [0.05, 0.1) is 16.8 Å². The van der Waals surface area contributed by atoms with Crippen molar-refractivity contribution in [3.63, 3.8) is 0 Å². The Morgan fingerprint density at radius 1 is 1.12 bits per heavy atom. The smallest absolute Gasteiger partial charge is 0.382 e. The Morgan fingerprint density at radius 3 is 2.45 bits per heavy atom. The molecule has 4 N–H and O–H groups in total. The highest BCUT2D eigenvalue weighted by Crippen LogP contribution is 2.31. The molecular weight excluding hydrogens is 459 g/mol. The van der Waals surface area contributed by atoms with E-state index in [0.717, 1.165) is 5.69 Å². The van der Waals surface area contributed by atoms with E-state index in [2.05, 4.69) is 15.0 Å². The molecular formula is C21H22F3N5O3S. The molecule has 0 aliphatic carbocycles. The number of nitrogens with one attached hydrogen (secondary N) is 1. The highest BCUT2D eigenvalue weighted by molar-refractivity contribution is 7.89. The fraction of sp³-hybridized carbons (Fsp3) is 0.286. The average molecular weight is 482 g/mol. The first-order valence-electron chi connectivity index (χ1n) is 9.66. The number of aryl methyl sites for hydroxylation is 2. The zero-order chi connectivity index (χ0) is 24.6. The van der Waals surface area contributed by atoms with Crippen molar-refractivity contribution in [3.05, 3.63) is 54.0 Å². The van der Waals surface area contributed by atoms with Gasteiger partial charge in [-0.15, -0.1) is 0 Å². The van der Waals surface area contributed by atoms with Crippen molar-refractivity contribution < 1.29 is 26.7 Å². The summed E-state index contributed by atoms with van der Waals surface area (Å²) in [6.45, 7) is 2.78. The monoisotopic (exact) mass is 481 g/mol. The number of nitrogens with zero attached hydrogens (tertiary/aromatic N) is 3. The van der Waals surface area contributed by atoms with Crippen LogP contribution in [0.3, 0.4) is 0 Å². The van der Waals surface area contributed by atoms with E-state index in [0.29, 0.717) is 35.0 Å². The molecule has 1 atom stereocenters. The minimum absolute atomic E-state index is 0.168. The molecule has 2 aromatic heterocycles. The summed E-state index contributed by atoms with van der Waals surface area (Å²) in [5, 5.41) is 9.54. The van der Waals surface area contributed by atoms with E-state index in [9.17, 15) is 26.7 Å². The van der Waals surface area contributed by atoms with Crippen LogP contribution in [-0.2, 0) is 10.0 Å². The number of sulfonamides is 1. The maximum absolute atomic E-state index is 12.9. The van der Waals surface area contributed by atoms with E-state index in [-0.39, 0.29) is 10.7 Å². The minimum Gasteiger partial charge on any atom is -0.382 e. The van der Waals surface area contributed by atoms with Gasteiger partial charge in [-0.1, -0.05) is 6.07 Å². The molecule has 0 fully saturated rings. The van der Waals surface area contributed by atoms with Crippen LogP contribution in [0.4, 0.5) is 19.0 Å². The van der Waals surface area contributed by atoms with Crippen molar-refractivity contribution in [1.82, 2.24) is 19.7 Å². The molecule has 12 heteroatoms. The third-order valence-corrected chi connectivity index (χ3v) is 6.38. The molecule has 8 nitrogen and oxygen atoms in total. The summed E-state index contributed by atoms with van der Waals surface area (Å²) in [6, 6.07) is 7.51. The first kappa shape index (κ1) is 24.6. The van der Waals surface area contributed by atoms with Crippen LogP contribution in [0.1, 0.15) is 18.2 Å². The highest BCUT2D eigenvalue weighted by atomic mass is 32.2. The van der Waals surface area contributed by atoms with Crippen molar-refractivity contribution in [1.29, 1.82) is 0 Å². The predicted octanol–water partition coefficient (Wildman–Crippen LogP) is 3.00. The standard InChI is InChI=1S/C21H22F3N5O3S/c1-12-4-5-15(33(31,32)28-11-20(3,30)21(22,23)24)9-16(12)17-10-27-19(25)18(29-17)14-6-7-26-13(2)8-14/h4-10,28,30H,11H2,1-3H3,(H2,25,27).